The van der Waals surface area contributed by atoms with E-state index < -0.39 is 17.5 Å². The summed E-state index contributed by atoms with van der Waals surface area (Å²) in [4.78, 5) is 11.0. The van der Waals surface area contributed by atoms with E-state index in [4.69, 9.17) is 4.74 Å². The van der Waals surface area contributed by atoms with Crippen LogP contribution in [0.15, 0.2) is 18.2 Å². The molecule has 1 aliphatic heterocycles. The molecule has 0 N–H and O–H groups in total. The molecular weight excluding hydrogens is 230 g/mol. The third-order valence-corrected chi connectivity index (χ3v) is 2.72. The fraction of sp³-hybridized carbons (Fsp3) is 0.417. The average molecular weight is 242 g/mol. The molecule has 92 valence electrons. The van der Waals surface area contributed by atoms with E-state index in [1.54, 1.807) is 6.07 Å². The normalized spacial score (nSPS) is 14.8. The SMILES string of the molecule is COC(=O)C(F)(F)c1ccc2c(c1)OCCC2. The van der Waals surface area contributed by atoms with Gasteiger partial charge in [0.05, 0.1) is 13.7 Å². The van der Waals surface area contributed by atoms with Crippen molar-refractivity contribution in [1.29, 1.82) is 0 Å². The third-order valence-electron chi connectivity index (χ3n) is 2.72. The maximum Gasteiger partial charge on any atom is 0.381 e. The molecule has 1 heterocycles. The molecule has 1 aromatic carbocycles. The molecule has 0 amide bonds. The number of hydrogen-bond acceptors (Lipinski definition) is 3. The Morgan fingerprint density at radius 3 is 2.94 bits per heavy atom. The first kappa shape index (κ1) is 11.8. The maximum absolute atomic E-state index is 13.6. The molecule has 0 unspecified atom stereocenters. The Bertz CT molecular complexity index is 443. The highest BCUT2D eigenvalue weighted by molar-refractivity contribution is 5.79. The zero-order chi connectivity index (χ0) is 12.5. The van der Waals surface area contributed by atoms with E-state index in [-0.39, 0.29) is 0 Å². The van der Waals surface area contributed by atoms with Crippen molar-refractivity contribution < 1.29 is 23.0 Å². The number of aryl methyl sites for hydroxylation is 1. The number of esters is 1. The third kappa shape index (κ3) is 2.09. The number of carbonyl (C=O) groups excluding carboxylic acids is 1. The number of ether oxygens (including phenoxy) is 2. The van der Waals surface area contributed by atoms with Gasteiger partial charge in [0.2, 0.25) is 0 Å². The van der Waals surface area contributed by atoms with E-state index in [0.29, 0.717) is 12.4 Å². The Hall–Kier alpha value is -1.65. The van der Waals surface area contributed by atoms with Gasteiger partial charge >= 0.3 is 11.9 Å². The topological polar surface area (TPSA) is 35.5 Å². The monoisotopic (exact) mass is 242 g/mol. The minimum atomic E-state index is -3.63. The first-order valence-corrected chi connectivity index (χ1v) is 5.28. The first-order chi connectivity index (χ1) is 8.05. The standard InChI is InChI=1S/C12H12F2O3/c1-16-11(15)12(13,14)9-5-4-8-3-2-6-17-10(8)7-9/h4-5,7H,2-3,6H2,1H3. The van der Waals surface area contributed by atoms with Crippen LogP contribution < -0.4 is 4.74 Å². The lowest BCUT2D eigenvalue weighted by Gasteiger charge is -2.20. The fourth-order valence-corrected chi connectivity index (χ4v) is 1.78. The summed E-state index contributed by atoms with van der Waals surface area (Å²) in [5, 5.41) is 0. The van der Waals surface area contributed by atoms with Crippen LogP contribution in [0.1, 0.15) is 17.5 Å². The number of methoxy groups -OCH3 is 1. The molecule has 0 spiro atoms. The molecule has 1 aromatic rings. The van der Waals surface area contributed by atoms with Crippen molar-refractivity contribution in [2.45, 2.75) is 18.8 Å². The fourth-order valence-electron chi connectivity index (χ4n) is 1.78. The van der Waals surface area contributed by atoms with Crippen LogP contribution >= 0.6 is 0 Å². The molecular formula is C12H12F2O3. The molecule has 0 atom stereocenters. The molecule has 0 saturated heterocycles. The van der Waals surface area contributed by atoms with Gasteiger partial charge in [0.1, 0.15) is 5.75 Å². The van der Waals surface area contributed by atoms with Crippen molar-refractivity contribution >= 4 is 5.97 Å². The van der Waals surface area contributed by atoms with Gasteiger partial charge in [-0.25, -0.2) is 4.79 Å². The zero-order valence-corrected chi connectivity index (χ0v) is 9.33. The second-order valence-corrected chi connectivity index (χ2v) is 3.84. The molecule has 0 bridgehead atoms. The molecule has 0 aliphatic carbocycles. The van der Waals surface area contributed by atoms with Crippen molar-refractivity contribution in [2.75, 3.05) is 13.7 Å². The summed E-state index contributed by atoms with van der Waals surface area (Å²) in [5.74, 6) is -4.77. The quantitative estimate of drug-likeness (QED) is 0.746. The lowest BCUT2D eigenvalue weighted by atomic mass is 10.0. The molecule has 0 aromatic heterocycles. The molecule has 0 fully saturated rings. The Labute approximate surface area is 97.3 Å². The van der Waals surface area contributed by atoms with Gasteiger partial charge in [0, 0.05) is 5.56 Å². The largest absolute Gasteiger partial charge is 0.493 e. The Balaban J connectivity index is 2.36. The second kappa shape index (κ2) is 4.31. The molecule has 5 heteroatoms. The van der Waals surface area contributed by atoms with Crippen molar-refractivity contribution in [3.8, 4) is 5.75 Å². The number of alkyl halides is 2. The van der Waals surface area contributed by atoms with Crippen LogP contribution in [0.4, 0.5) is 8.78 Å². The van der Waals surface area contributed by atoms with Crippen LogP contribution in [0, 0.1) is 0 Å². The van der Waals surface area contributed by atoms with Crippen LogP contribution in [0.2, 0.25) is 0 Å². The number of carbonyl (C=O) groups is 1. The van der Waals surface area contributed by atoms with Crippen molar-refractivity contribution in [3.63, 3.8) is 0 Å². The highest BCUT2D eigenvalue weighted by atomic mass is 19.3. The van der Waals surface area contributed by atoms with E-state index in [0.717, 1.165) is 25.5 Å². The van der Waals surface area contributed by atoms with Crippen LogP contribution in [-0.4, -0.2) is 19.7 Å². The number of fused-ring (bicyclic) bond motifs is 1. The summed E-state index contributed by atoms with van der Waals surface area (Å²) in [6.07, 6.45) is 1.68. The van der Waals surface area contributed by atoms with Crippen molar-refractivity contribution in [1.82, 2.24) is 0 Å². The smallest absolute Gasteiger partial charge is 0.381 e. The predicted octanol–water partition coefficient (Wildman–Crippen LogP) is 2.28. The van der Waals surface area contributed by atoms with Crippen LogP contribution in [0.5, 0.6) is 5.75 Å². The van der Waals surface area contributed by atoms with Crippen LogP contribution in [0.3, 0.4) is 0 Å². The van der Waals surface area contributed by atoms with Crippen LogP contribution in [-0.2, 0) is 21.9 Å². The summed E-state index contributed by atoms with van der Waals surface area (Å²) in [5.41, 5.74) is 0.491. The highest BCUT2D eigenvalue weighted by Gasteiger charge is 2.42. The first-order valence-electron chi connectivity index (χ1n) is 5.28. The average Bonchev–Trinajstić information content (AvgIpc) is 2.37. The minimum absolute atomic E-state index is 0.398. The van der Waals surface area contributed by atoms with E-state index >= 15 is 0 Å². The Morgan fingerprint density at radius 2 is 2.24 bits per heavy atom. The Kier molecular flexibility index (Phi) is 3.00. The molecule has 17 heavy (non-hydrogen) atoms. The number of hydrogen-bond donors (Lipinski definition) is 0. The van der Waals surface area contributed by atoms with Gasteiger partial charge in [-0.3, -0.25) is 0 Å². The molecule has 2 rings (SSSR count). The minimum Gasteiger partial charge on any atom is -0.493 e. The van der Waals surface area contributed by atoms with Crippen LogP contribution in [0.25, 0.3) is 0 Å². The number of benzene rings is 1. The summed E-state index contributed by atoms with van der Waals surface area (Å²) >= 11 is 0. The van der Waals surface area contributed by atoms with Gasteiger partial charge in [0.15, 0.2) is 0 Å². The van der Waals surface area contributed by atoms with E-state index in [1.165, 1.54) is 12.1 Å². The second-order valence-electron chi connectivity index (χ2n) is 3.84. The van der Waals surface area contributed by atoms with Gasteiger partial charge < -0.3 is 9.47 Å². The summed E-state index contributed by atoms with van der Waals surface area (Å²) in [7, 11) is 0.936. The van der Waals surface area contributed by atoms with Crippen molar-refractivity contribution in [2.24, 2.45) is 0 Å². The maximum atomic E-state index is 13.6. The lowest BCUT2D eigenvalue weighted by Crippen LogP contribution is -2.27. The highest BCUT2D eigenvalue weighted by Crippen LogP contribution is 2.34. The van der Waals surface area contributed by atoms with E-state index in [2.05, 4.69) is 4.74 Å². The molecule has 1 aliphatic rings. The summed E-state index contributed by atoms with van der Waals surface area (Å²) < 4.78 is 36.6. The number of rotatable bonds is 2. The molecule has 0 radical (unpaired) electrons. The molecule has 3 nitrogen and oxygen atoms in total. The zero-order valence-electron chi connectivity index (χ0n) is 9.33. The summed E-state index contributed by atoms with van der Waals surface area (Å²) in [6.45, 7) is 0.514. The lowest BCUT2D eigenvalue weighted by molar-refractivity contribution is -0.170. The van der Waals surface area contributed by atoms with Gasteiger partial charge in [-0.05, 0) is 24.5 Å². The van der Waals surface area contributed by atoms with Gasteiger partial charge in [-0.1, -0.05) is 12.1 Å². The summed E-state index contributed by atoms with van der Waals surface area (Å²) in [6, 6.07) is 4.02. The predicted molar refractivity (Wildman–Crippen MR) is 56.2 cm³/mol. The van der Waals surface area contributed by atoms with Gasteiger partial charge in [0.25, 0.3) is 0 Å². The number of halogens is 2. The van der Waals surface area contributed by atoms with Crippen molar-refractivity contribution in [3.05, 3.63) is 29.3 Å². The van der Waals surface area contributed by atoms with E-state index in [1.807, 2.05) is 0 Å². The Morgan fingerprint density at radius 1 is 1.47 bits per heavy atom. The molecule has 0 saturated carbocycles. The van der Waals surface area contributed by atoms with Gasteiger partial charge in [-0.15, -0.1) is 0 Å². The van der Waals surface area contributed by atoms with E-state index in [9.17, 15) is 13.6 Å². The van der Waals surface area contributed by atoms with Gasteiger partial charge in [-0.2, -0.15) is 8.78 Å².